The molecular formula is C14H18BrNO3. The summed E-state index contributed by atoms with van der Waals surface area (Å²) in [7, 11) is 0. The van der Waals surface area contributed by atoms with E-state index in [0.29, 0.717) is 6.79 Å². The fraction of sp³-hybridized carbons (Fsp3) is 0.571. The van der Waals surface area contributed by atoms with Gasteiger partial charge in [0.25, 0.3) is 0 Å². The molecule has 19 heavy (non-hydrogen) atoms. The lowest BCUT2D eigenvalue weighted by Crippen LogP contribution is -2.46. The Morgan fingerprint density at radius 2 is 1.89 bits per heavy atom. The number of hydrogen-bond donors (Lipinski definition) is 1. The summed E-state index contributed by atoms with van der Waals surface area (Å²) < 4.78 is 17.3. The highest BCUT2D eigenvalue weighted by Gasteiger charge is 2.27. The van der Waals surface area contributed by atoms with Crippen LogP contribution in [-0.2, 0) is 11.3 Å². The molecule has 2 aliphatic rings. The molecule has 1 aromatic carbocycles. The summed E-state index contributed by atoms with van der Waals surface area (Å²) in [6.07, 6.45) is 2.10. The van der Waals surface area contributed by atoms with Gasteiger partial charge in [-0.2, -0.15) is 0 Å². The maximum absolute atomic E-state index is 5.42. The van der Waals surface area contributed by atoms with Gasteiger partial charge in [-0.1, -0.05) is 15.9 Å². The second-order valence-corrected chi connectivity index (χ2v) is 6.18. The van der Waals surface area contributed by atoms with Gasteiger partial charge in [-0.15, -0.1) is 0 Å². The maximum atomic E-state index is 5.42. The zero-order valence-electron chi connectivity index (χ0n) is 11.0. The fourth-order valence-corrected chi connectivity index (χ4v) is 2.86. The van der Waals surface area contributed by atoms with E-state index in [-0.39, 0.29) is 5.54 Å². The molecule has 104 valence electrons. The number of benzene rings is 1. The predicted octanol–water partition coefficient (Wildman–Crippen LogP) is 2.84. The molecule has 0 spiro atoms. The van der Waals surface area contributed by atoms with Gasteiger partial charge >= 0.3 is 0 Å². The first kappa shape index (κ1) is 13.2. The number of ether oxygens (including phenoxy) is 3. The van der Waals surface area contributed by atoms with Crippen molar-refractivity contribution >= 4 is 15.9 Å². The molecule has 4 nitrogen and oxygen atoms in total. The summed E-state index contributed by atoms with van der Waals surface area (Å²) >= 11 is 3.59. The smallest absolute Gasteiger partial charge is 0.231 e. The van der Waals surface area contributed by atoms with Crippen LogP contribution in [0.5, 0.6) is 11.5 Å². The third-order valence-electron chi connectivity index (χ3n) is 3.84. The van der Waals surface area contributed by atoms with Crippen molar-refractivity contribution in [1.82, 2.24) is 5.32 Å². The van der Waals surface area contributed by atoms with Crippen LogP contribution in [0.2, 0.25) is 0 Å². The van der Waals surface area contributed by atoms with Gasteiger partial charge in [-0.3, -0.25) is 0 Å². The average molecular weight is 328 g/mol. The summed E-state index contributed by atoms with van der Waals surface area (Å²) in [6, 6.07) is 4.02. The molecule has 0 aliphatic carbocycles. The third-order valence-corrected chi connectivity index (χ3v) is 4.58. The Bertz CT molecular complexity index is 472. The highest BCUT2D eigenvalue weighted by atomic mass is 79.9. The first-order chi connectivity index (χ1) is 9.16. The van der Waals surface area contributed by atoms with E-state index in [0.717, 1.165) is 48.6 Å². The fourth-order valence-electron chi connectivity index (χ4n) is 2.40. The summed E-state index contributed by atoms with van der Waals surface area (Å²) in [4.78, 5) is 0. The Kier molecular flexibility index (Phi) is 3.69. The molecule has 2 heterocycles. The lowest BCUT2D eigenvalue weighted by atomic mass is 9.92. The maximum Gasteiger partial charge on any atom is 0.231 e. The molecule has 0 bridgehead atoms. The second-order valence-electron chi connectivity index (χ2n) is 5.32. The molecule has 0 saturated carbocycles. The van der Waals surface area contributed by atoms with Crippen molar-refractivity contribution in [2.45, 2.75) is 31.8 Å². The molecule has 3 rings (SSSR count). The highest BCUT2D eigenvalue weighted by molar-refractivity contribution is 9.10. The zero-order valence-corrected chi connectivity index (χ0v) is 12.6. The molecule has 0 aromatic heterocycles. The number of halogens is 1. The quantitative estimate of drug-likeness (QED) is 0.926. The Morgan fingerprint density at radius 1 is 1.21 bits per heavy atom. The van der Waals surface area contributed by atoms with Crippen LogP contribution in [0, 0.1) is 0 Å². The van der Waals surface area contributed by atoms with Gasteiger partial charge in [-0.25, -0.2) is 0 Å². The summed E-state index contributed by atoms with van der Waals surface area (Å²) in [5, 5.41) is 3.64. The summed E-state index contributed by atoms with van der Waals surface area (Å²) in [5.41, 5.74) is 1.35. The van der Waals surface area contributed by atoms with Gasteiger partial charge in [0.2, 0.25) is 6.79 Å². The van der Waals surface area contributed by atoms with E-state index in [1.54, 1.807) is 0 Å². The molecular weight excluding hydrogens is 310 g/mol. The monoisotopic (exact) mass is 327 g/mol. The lowest BCUT2D eigenvalue weighted by Gasteiger charge is -2.34. The van der Waals surface area contributed by atoms with E-state index in [1.807, 2.05) is 12.1 Å². The third kappa shape index (κ3) is 2.88. The Labute approximate surface area is 121 Å². The van der Waals surface area contributed by atoms with E-state index < -0.39 is 0 Å². The molecule has 0 amide bonds. The van der Waals surface area contributed by atoms with Gasteiger partial charge in [0.1, 0.15) is 0 Å². The van der Waals surface area contributed by atoms with Crippen LogP contribution in [0.25, 0.3) is 0 Å². The van der Waals surface area contributed by atoms with E-state index in [9.17, 15) is 0 Å². The van der Waals surface area contributed by atoms with Gasteiger partial charge in [0.05, 0.1) is 0 Å². The van der Waals surface area contributed by atoms with Crippen LogP contribution in [-0.4, -0.2) is 25.5 Å². The molecule has 0 radical (unpaired) electrons. The Balaban J connectivity index is 1.69. The largest absolute Gasteiger partial charge is 0.454 e. The molecule has 1 saturated heterocycles. The van der Waals surface area contributed by atoms with Gasteiger partial charge in [0, 0.05) is 29.8 Å². The number of hydrogen-bond acceptors (Lipinski definition) is 4. The Hall–Kier alpha value is -0.780. The van der Waals surface area contributed by atoms with Gasteiger partial charge < -0.3 is 19.5 Å². The standard InChI is InChI=1S/C14H18BrNO3/c1-14(2-4-17-5-3-14)16-8-10-6-12-13(7-11(10)15)19-9-18-12/h6-7,16H,2-5,8-9H2,1H3. The van der Waals surface area contributed by atoms with E-state index in [1.165, 1.54) is 5.56 Å². The molecule has 0 atom stereocenters. The number of fused-ring (bicyclic) bond motifs is 1. The van der Waals surface area contributed by atoms with Crippen molar-refractivity contribution in [2.24, 2.45) is 0 Å². The summed E-state index contributed by atoms with van der Waals surface area (Å²) in [6.45, 7) is 5.06. The lowest BCUT2D eigenvalue weighted by molar-refractivity contribution is 0.0446. The van der Waals surface area contributed by atoms with Crippen molar-refractivity contribution in [3.63, 3.8) is 0 Å². The molecule has 0 unspecified atom stereocenters. The topological polar surface area (TPSA) is 39.7 Å². The summed E-state index contributed by atoms with van der Waals surface area (Å²) in [5.74, 6) is 1.64. The molecule has 1 fully saturated rings. The highest BCUT2D eigenvalue weighted by Crippen LogP contribution is 2.37. The normalized spacial score (nSPS) is 20.5. The van der Waals surface area contributed by atoms with E-state index >= 15 is 0 Å². The van der Waals surface area contributed by atoms with Gasteiger partial charge in [0.15, 0.2) is 11.5 Å². The first-order valence-electron chi connectivity index (χ1n) is 6.57. The molecule has 5 heteroatoms. The van der Waals surface area contributed by atoms with E-state index in [4.69, 9.17) is 14.2 Å². The zero-order chi connectivity index (χ0) is 13.3. The van der Waals surface area contributed by atoms with E-state index in [2.05, 4.69) is 28.2 Å². The predicted molar refractivity (Wildman–Crippen MR) is 75.6 cm³/mol. The molecule has 1 aromatic rings. The van der Waals surface area contributed by atoms with Crippen molar-refractivity contribution in [2.75, 3.05) is 20.0 Å². The minimum atomic E-state index is 0.161. The number of rotatable bonds is 3. The number of nitrogens with one attached hydrogen (secondary N) is 1. The Morgan fingerprint density at radius 3 is 2.63 bits per heavy atom. The van der Waals surface area contributed by atoms with Crippen molar-refractivity contribution in [1.29, 1.82) is 0 Å². The van der Waals surface area contributed by atoms with Crippen LogP contribution in [0.1, 0.15) is 25.3 Å². The minimum Gasteiger partial charge on any atom is -0.454 e. The van der Waals surface area contributed by atoms with Crippen molar-refractivity contribution in [3.8, 4) is 11.5 Å². The van der Waals surface area contributed by atoms with Crippen molar-refractivity contribution in [3.05, 3.63) is 22.2 Å². The first-order valence-corrected chi connectivity index (χ1v) is 7.36. The van der Waals surface area contributed by atoms with Crippen LogP contribution in [0.4, 0.5) is 0 Å². The van der Waals surface area contributed by atoms with Crippen LogP contribution >= 0.6 is 15.9 Å². The van der Waals surface area contributed by atoms with Crippen molar-refractivity contribution < 1.29 is 14.2 Å². The van der Waals surface area contributed by atoms with Crippen LogP contribution < -0.4 is 14.8 Å². The van der Waals surface area contributed by atoms with Crippen LogP contribution in [0.3, 0.4) is 0 Å². The molecule has 2 aliphatic heterocycles. The second kappa shape index (κ2) is 5.31. The average Bonchev–Trinajstić information content (AvgIpc) is 2.84. The van der Waals surface area contributed by atoms with Gasteiger partial charge in [-0.05, 0) is 37.5 Å². The minimum absolute atomic E-state index is 0.161. The molecule has 1 N–H and O–H groups in total. The van der Waals surface area contributed by atoms with Crippen LogP contribution in [0.15, 0.2) is 16.6 Å². The SMILES string of the molecule is CC1(NCc2cc3c(cc2Br)OCO3)CCOCC1.